The molecule has 0 atom stereocenters. The van der Waals surface area contributed by atoms with E-state index >= 15 is 0 Å². The van der Waals surface area contributed by atoms with E-state index in [1.54, 1.807) is 6.92 Å². The highest BCUT2D eigenvalue weighted by Gasteiger charge is 2.13. The number of aryl methyl sites for hydroxylation is 1. The first-order valence-corrected chi connectivity index (χ1v) is 8.81. The number of halogens is 2. The molecule has 3 aromatic rings. The van der Waals surface area contributed by atoms with Crippen LogP contribution in [-0.2, 0) is 0 Å². The predicted molar refractivity (Wildman–Crippen MR) is 105 cm³/mol. The third kappa shape index (κ3) is 4.68. The summed E-state index contributed by atoms with van der Waals surface area (Å²) >= 11 is 0. The quantitative estimate of drug-likeness (QED) is 0.638. The summed E-state index contributed by atoms with van der Waals surface area (Å²) in [5, 5.41) is 5.46. The molecule has 0 unspecified atom stereocenters. The number of aromatic nitrogens is 2. The van der Waals surface area contributed by atoms with E-state index in [1.807, 2.05) is 24.3 Å². The number of rotatable bonds is 5. The van der Waals surface area contributed by atoms with E-state index in [4.69, 9.17) is 0 Å². The van der Waals surface area contributed by atoms with E-state index in [9.17, 15) is 13.6 Å². The van der Waals surface area contributed by atoms with Crippen molar-refractivity contribution in [1.82, 2.24) is 9.97 Å². The van der Waals surface area contributed by atoms with Gasteiger partial charge in [0.2, 0.25) is 5.95 Å². The van der Waals surface area contributed by atoms with Gasteiger partial charge in [-0.2, -0.15) is 0 Å². The van der Waals surface area contributed by atoms with Gasteiger partial charge in [-0.15, -0.1) is 0 Å². The molecule has 144 valence electrons. The molecule has 0 aliphatic carbocycles. The number of carbonyl (C=O) groups is 1. The van der Waals surface area contributed by atoms with E-state index in [0.717, 1.165) is 12.1 Å². The Balaban J connectivity index is 1.79. The maximum absolute atomic E-state index is 13.8. The fourth-order valence-electron chi connectivity index (χ4n) is 2.60. The lowest BCUT2D eigenvalue weighted by molar-refractivity contribution is 0.102. The lowest BCUT2D eigenvalue weighted by Crippen LogP contribution is -2.15. The number of carbonyl (C=O) groups excluding carboxylic acids is 1. The van der Waals surface area contributed by atoms with Gasteiger partial charge in [0.15, 0.2) is 0 Å². The second-order valence-corrected chi connectivity index (χ2v) is 6.70. The molecule has 1 aromatic heterocycles. The van der Waals surface area contributed by atoms with Gasteiger partial charge in [-0.3, -0.25) is 4.79 Å². The van der Waals surface area contributed by atoms with Gasteiger partial charge in [0.25, 0.3) is 5.91 Å². The number of hydrogen-bond donors (Lipinski definition) is 2. The Hall–Kier alpha value is -3.35. The zero-order valence-corrected chi connectivity index (χ0v) is 15.8. The summed E-state index contributed by atoms with van der Waals surface area (Å²) in [7, 11) is 0. The van der Waals surface area contributed by atoms with E-state index in [1.165, 1.54) is 17.7 Å². The highest BCUT2D eigenvalue weighted by Crippen LogP contribution is 2.20. The highest BCUT2D eigenvalue weighted by molar-refractivity contribution is 6.03. The summed E-state index contributed by atoms with van der Waals surface area (Å²) in [4.78, 5) is 20.8. The van der Waals surface area contributed by atoms with E-state index in [-0.39, 0.29) is 17.3 Å². The standard InChI is InChI=1S/C21H20F2N4O/c1-12(2)14-4-7-16(8-5-14)25-20(28)19-10-13(3)24-21(27-19)26-18-9-6-15(22)11-17(18)23/h4-12H,1-3H3,(H,25,28)(H,24,26,27). The molecule has 28 heavy (non-hydrogen) atoms. The van der Waals surface area contributed by atoms with Crippen LogP contribution in [0.5, 0.6) is 0 Å². The van der Waals surface area contributed by atoms with Crippen LogP contribution < -0.4 is 10.6 Å². The Bertz CT molecular complexity index is 1000. The SMILES string of the molecule is Cc1cc(C(=O)Nc2ccc(C(C)C)cc2)nc(Nc2ccc(F)cc2F)n1. The van der Waals surface area contributed by atoms with E-state index in [0.29, 0.717) is 17.3 Å². The van der Waals surface area contributed by atoms with Crippen LogP contribution in [0.3, 0.4) is 0 Å². The molecule has 7 heteroatoms. The molecule has 0 radical (unpaired) electrons. The number of nitrogens with one attached hydrogen (secondary N) is 2. The Morgan fingerprint density at radius 1 is 1.00 bits per heavy atom. The first-order valence-electron chi connectivity index (χ1n) is 8.81. The van der Waals surface area contributed by atoms with Crippen molar-refractivity contribution in [3.63, 3.8) is 0 Å². The maximum atomic E-state index is 13.8. The predicted octanol–water partition coefficient (Wildman–Crippen LogP) is 5.18. The Labute approximate surface area is 161 Å². The van der Waals surface area contributed by atoms with Gasteiger partial charge in [0, 0.05) is 17.4 Å². The molecule has 2 N–H and O–H groups in total. The fraction of sp³-hybridized carbons (Fsp3) is 0.190. The minimum atomic E-state index is -0.777. The van der Waals surface area contributed by atoms with Crippen LogP contribution in [-0.4, -0.2) is 15.9 Å². The molecule has 0 saturated heterocycles. The Kier molecular flexibility index (Phi) is 5.63. The Morgan fingerprint density at radius 3 is 2.36 bits per heavy atom. The van der Waals surface area contributed by atoms with E-state index < -0.39 is 17.5 Å². The van der Waals surface area contributed by atoms with Crippen molar-refractivity contribution in [3.05, 3.63) is 77.1 Å². The number of amides is 1. The molecule has 1 amide bonds. The molecule has 0 aliphatic heterocycles. The first-order chi connectivity index (χ1) is 13.3. The molecule has 3 rings (SSSR count). The maximum Gasteiger partial charge on any atom is 0.274 e. The topological polar surface area (TPSA) is 66.9 Å². The second-order valence-electron chi connectivity index (χ2n) is 6.70. The van der Waals surface area contributed by atoms with Gasteiger partial charge in [-0.05, 0) is 48.7 Å². The number of nitrogens with zero attached hydrogens (tertiary/aromatic N) is 2. The van der Waals surface area contributed by atoms with Crippen molar-refractivity contribution >= 4 is 23.2 Å². The molecule has 0 aliphatic rings. The summed E-state index contributed by atoms with van der Waals surface area (Å²) in [5.74, 6) is -1.43. The molecule has 0 spiro atoms. The summed E-state index contributed by atoms with van der Waals surface area (Å²) in [5.41, 5.74) is 2.49. The van der Waals surface area contributed by atoms with Gasteiger partial charge >= 0.3 is 0 Å². The van der Waals surface area contributed by atoms with Crippen LogP contribution in [0.4, 0.5) is 26.1 Å². The lowest BCUT2D eigenvalue weighted by Gasteiger charge is -2.10. The highest BCUT2D eigenvalue weighted by atomic mass is 19.1. The van der Waals surface area contributed by atoms with Gasteiger partial charge in [-0.1, -0.05) is 26.0 Å². The summed E-state index contributed by atoms with van der Waals surface area (Å²) < 4.78 is 26.9. The van der Waals surface area contributed by atoms with Crippen molar-refractivity contribution < 1.29 is 13.6 Å². The van der Waals surface area contributed by atoms with Crippen molar-refractivity contribution in [1.29, 1.82) is 0 Å². The van der Waals surface area contributed by atoms with Crippen molar-refractivity contribution in [2.24, 2.45) is 0 Å². The lowest BCUT2D eigenvalue weighted by atomic mass is 10.0. The molecular weight excluding hydrogens is 362 g/mol. The summed E-state index contributed by atoms with van der Waals surface area (Å²) in [6, 6.07) is 12.2. The smallest absolute Gasteiger partial charge is 0.274 e. The van der Waals surface area contributed by atoms with Gasteiger partial charge in [0.05, 0.1) is 5.69 Å². The monoisotopic (exact) mass is 382 g/mol. The Morgan fingerprint density at radius 2 is 1.71 bits per heavy atom. The molecule has 0 fully saturated rings. The molecule has 2 aromatic carbocycles. The zero-order valence-electron chi connectivity index (χ0n) is 15.8. The van der Waals surface area contributed by atoms with Crippen LogP contribution in [0, 0.1) is 18.6 Å². The van der Waals surface area contributed by atoms with E-state index in [2.05, 4.69) is 34.4 Å². The first kappa shape index (κ1) is 19.4. The van der Waals surface area contributed by atoms with Crippen LogP contribution >= 0.6 is 0 Å². The number of benzene rings is 2. The van der Waals surface area contributed by atoms with Crippen molar-refractivity contribution in [2.45, 2.75) is 26.7 Å². The third-order valence-corrected chi connectivity index (χ3v) is 4.10. The zero-order chi connectivity index (χ0) is 20.3. The van der Waals surface area contributed by atoms with Crippen LogP contribution in [0.25, 0.3) is 0 Å². The average molecular weight is 382 g/mol. The number of hydrogen-bond acceptors (Lipinski definition) is 4. The minimum Gasteiger partial charge on any atom is -0.322 e. The third-order valence-electron chi connectivity index (χ3n) is 4.10. The number of anilines is 3. The van der Waals surface area contributed by atoms with Gasteiger partial charge in [0.1, 0.15) is 17.3 Å². The molecule has 1 heterocycles. The van der Waals surface area contributed by atoms with Gasteiger partial charge in [-0.25, -0.2) is 18.7 Å². The minimum absolute atomic E-state index is 0.0163. The van der Waals surface area contributed by atoms with Crippen molar-refractivity contribution in [2.75, 3.05) is 10.6 Å². The molecule has 0 bridgehead atoms. The normalized spacial score (nSPS) is 10.8. The molecule has 5 nitrogen and oxygen atoms in total. The van der Waals surface area contributed by atoms with Crippen LogP contribution in [0.1, 0.15) is 41.5 Å². The van der Waals surface area contributed by atoms with Crippen molar-refractivity contribution in [3.8, 4) is 0 Å². The fourth-order valence-corrected chi connectivity index (χ4v) is 2.60. The average Bonchev–Trinajstić information content (AvgIpc) is 2.64. The molecule has 0 saturated carbocycles. The van der Waals surface area contributed by atoms with Crippen LogP contribution in [0.2, 0.25) is 0 Å². The molecular formula is C21H20F2N4O. The summed E-state index contributed by atoms with van der Waals surface area (Å²) in [6.07, 6.45) is 0. The largest absolute Gasteiger partial charge is 0.322 e. The second kappa shape index (κ2) is 8.12. The summed E-state index contributed by atoms with van der Waals surface area (Å²) in [6.45, 7) is 5.88. The van der Waals surface area contributed by atoms with Crippen LogP contribution in [0.15, 0.2) is 48.5 Å². The van der Waals surface area contributed by atoms with Gasteiger partial charge < -0.3 is 10.6 Å².